The molecule has 26 heavy (non-hydrogen) atoms. The van der Waals surface area contributed by atoms with Crippen molar-refractivity contribution in [1.29, 1.82) is 0 Å². The number of ether oxygens (including phenoxy) is 1. The van der Waals surface area contributed by atoms with E-state index in [9.17, 15) is 9.59 Å². The van der Waals surface area contributed by atoms with Gasteiger partial charge in [-0.3, -0.25) is 9.59 Å². The zero-order valence-electron chi connectivity index (χ0n) is 15.4. The van der Waals surface area contributed by atoms with Gasteiger partial charge < -0.3 is 9.84 Å². The van der Waals surface area contributed by atoms with Gasteiger partial charge in [0.05, 0.1) is 19.1 Å². The van der Waals surface area contributed by atoms with Crippen LogP contribution in [0.3, 0.4) is 0 Å². The zero-order chi connectivity index (χ0) is 17.9. The molecule has 0 aliphatic heterocycles. The fourth-order valence-corrected chi connectivity index (χ4v) is 2.56. The van der Waals surface area contributed by atoms with Crippen LogP contribution in [-0.2, 0) is 14.3 Å². The maximum atomic E-state index is 11.1. The van der Waals surface area contributed by atoms with E-state index in [0.717, 1.165) is 12.8 Å². The van der Waals surface area contributed by atoms with Gasteiger partial charge in [-0.05, 0) is 18.9 Å². The Labute approximate surface area is 245 Å². The van der Waals surface area contributed by atoms with Crippen LogP contribution in [0.2, 0.25) is 0 Å². The van der Waals surface area contributed by atoms with Crippen LogP contribution >= 0.6 is 0 Å². The van der Waals surface area contributed by atoms with E-state index in [1.807, 2.05) is 6.08 Å². The molecule has 0 atom stereocenters. The van der Waals surface area contributed by atoms with E-state index in [1.165, 1.54) is 76.9 Å². The van der Waals surface area contributed by atoms with Gasteiger partial charge in [-0.25, -0.2) is 0 Å². The maximum absolute atomic E-state index is 11.1. The summed E-state index contributed by atoms with van der Waals surface area (Å²) in [7, 11) is 0. The number of hydrogen-bond acceptors (Lipinski definition) is 3. The average molecular weight is 421 g/mol. The summed E-state index contributed by atoms with van der Waals surface area (Å²) in [6.45, 7) is 2.25. The SMILES string of the molecule is CCCCCCCCCCCCCCC=COC(=O)CCC(=O)O.[KH].[KH]. The molecule has 0 aromatic heterocycles. The van der Waals surface area contributed by atoms with Gasteiger partial charge in [0, 0.05) is 0 Å². The summed E-state index contributed by atoms with van der Waals surface area (Å²) in [6, 6.07) is 0. The molecule has 0 spiro atoms. The molecule has 0 unspecified atom stereocenters. The summed E-state index contributed by atoms with van der Waals surface area (Å²) in [6.07, 6.45) is 19.8. The third-order valence-electron chi connectivity index (χ3n) is 4.06. The van der Waals surface area contributed by atoms with Crippen molar-refractivity contribution in [2.24, 2.45) is 0 Å². The molecule has 0 rings (SSSR count). The molecule has 0 saturated heterocycles. The number of rotatable bonds is 17. The molecule has 0 saturated carbocycles. The van der Waals surface area contributed by atoms with Gasteiger partial charge in [-0.2, -0.15) is 0 Å². The van der Waals surface area contributed by atoms with Crippen molar-refractivity contribution in [3.05, 3.63) is 12.3 Å². The quantitative estimate of drug-likeness (QED) is 0.160. The standard InChI is InChI=1S/C20H36O4.2K.2H/c1-2-3-4-5-6-7-8-9-10-11-12-13-14-15-18-24-20(23)17-16-19(21)22;;;;/h15,18H,2-14,16-17H2,1H3,(H,21,22);;;;. The van der Waals surface area contributed by atoms with Crippen LogP contribution in [-0.4, -0.2) is 120 Å². The molecule has 1 N–H and O–H groups in total. The van der Waals surface area contributed by atoms with Crippen molar-refractivity contribution in [1.82, 2.24) is 0 Å². The molecule has 0 bridgehead atoms. The molecule has 144 valence electrons. The van der Waals surface area contributed by atoms with Gasteiger partial charge in [0.25, 0.3) is 0 Å². The van der Waals surface area contributed by atoms with Gasteiger partial charge >= 0.3 is 115 Å². The number of unbranched alkanes of at least 4 members (excludes halogenated alkanes) is 12. The molecular formula is C20H38K2O4. The predicted octanol–water partition coefficient (Wildman–Crippen LogP) is 4.70. The second-order valence-corrected chi connectivity index (χ2v) is 6.43. The first kappa shape index (κ1) is 32.6. The third-order valence-corrected chi connectivity index (χ3v) is 4.06. The Morgan fingerprint density at radius 1 is 0.769 bits per heavy atom. The van der Waals surface area contributed by atoms with E-state index in [0.29, 0.717) is 0 Å². The molecule has 0 fully saturated rings. The van der Waals surface area contributed by atoms with Crippen molar-refractivity contribution in [3.8, 4) is 0 Å². The molecule has 4 nitrogen and oxygen atoms in total. The van der Waals surface area contributed by atoms with E-state index in [2.05, 4.69) is 6.92 Å². The van der Waals surface area contributed by atoms with Crippen molar-refractivity contribution in [2.45, 2.75) is 103 Å². The fourth-order valence-electron chi connectivity index (χ4n) is 2.56. The summed E-state index contributed by atoms with van der Waals surface area (Å²) < 4.78 is 4.82. The molecule has 0 aromatic carbocycles. The van der Waals surface area contributed by atoms with E-state index < -0.39 is 11.9 Å². The molecule has 6 heteroatoms. The van der Waals surface area contributed by atoms with Gasteiger partial charge in [-0.1, -0.05) is 77.6 Å². The number of allylic oxidation sites excluding steroid dienone is 1. The molecule has 0 aliphatic rings. The Morgan fingerprint density at radius 3 is 1.69 bits per heavy atom. The average Bonchev–Trinajstić information content (AvgIpc) is 2.56. The third kappa shape index (κ3) is 28.2. The molecule has 0 radical (unpaired) electrons. The summed E-state index contributed by atoms with van der Waals surface area (Å²) in [5.41, 5.74) is 0. The van der Waals surface area contributed by atoms with E-state index in [1.54, 1.807) is 0 Å². The van der Waals surface area contributed by atoms with Crippen LogP contribution in [0, 0.1) is 0 Å². The van der Waals surface area contributed by atoms with Crippen LogP contribution in [0.4, 0.5) is 0 Å². The predicted molar refractivity (Wildman–Crippen MR) is 112 cm³/mol. The zero-order valence-corrected chi connectivity index (χ0v) is 15.4. The first-order valence-electron chi connectivity index (χ1n) is 9.73. The Kier molecular flexibility index (Phi) is 33.8. The number of carbonyl (C=O) groups excluding carboxylic acids is 1. The van der Waals surface area contributed by atoms with Gasteiger partial charge in [0.1, 0.15) is 0 Å². The molecule has 0 heterocycles. The summed E-state index contributed by atoms with van der Waals surface area (Å²) in [5, 5.41) is 8.44. The van der Waals surface area contributed by atoms with Gasteiger partial charge in [0.15, 0.2) is 0 Å². The van der Waals surface area contributed by atoms with Crippen molar-refractivity contribution >= 4 is 115 Å². The Balaban J connectivity index is -0.00000264. The number of carboxylic acid groups (broad SMARTS) is 1. The van der Waals surface area contributed by atoms with Gasteiger partial charge in [0.2, 0.25) is 0 Å². The summed E-state index contributed by atoms with van der Waals surface area (Å²) in [4.78, 5) is 21.4. The van der Waals surface area contributed by atoms with Crippen LogP contribution < -0.4 is 0 Å². The van der Waals surface area contributed by atoms with Crippen LogP contribution in [0.15, 0.2) is 12.3 Å². The first-order valence-corrected chi connectivity index (χ1v) is 9.73. The number of carbonyl (C=O) groups is 2. The minimum absolute atomic E-state index is 0. The van der Waals surface area contributed by atoms with Crippen molar-refractivity contribution in [2.75, 3.05) is 0 Å². The summed E-state index contributed by atoms with van der Waals surface area (Å²) in [5.74, 6) is -1.46. The minimum atomic E-state index is -0.979. The second-order valence-electron chi connectivity index (χ2n) is 6.43. The first-order chi connectivity index (χ1) is 11.7. The normalized spacial score (nSPS) is 10.2. The molecule has 0 aliphatic carbocycles. The molecular weight excluding hydrogens is 382 g/mol. The number of hydrogen-bond donors (Lipinski definition) is 1. The number of aliphatic carboxylic acids is 1. The van der Waals surface area contributed by atoms with E-state index >= 15 is 0 Å². The number of esters is 1. The number of carboxylic acids is 1. The topological polar surface area (TPSA) is 63.6 Å². The monoisotopic (exact) mass is 420 g/mol. The second kappa shape index (κ2) is 27.0. The Morgan fingerprint density at radius 2 is 1.23 bits per heavy atom. The summed E-state index contributed by atoms with van der Waals surface area (Å²) >= 11 is 0. The van der Waals surface area contributed by atoms with E-state index in [-0.39, 0.29) is 116 Å². The van der Waals surface area contributed by atoms with Crippen molar-refractivity contribution < 1.29 is 19.4 Å². The molecule has 0 aromatic rings. The molecule has 0 amide bonds. The van der Waals surface area contributed by atoms with Gasteiger partial charge in [-0.15, -0.1) is 0 Å². The van der Waals surface area contributed by atoms with Crippen molar-refractivity contribution in [3.63, 3.8) is 0 Å². The van der Waals surface area contributed by atoms with Crippen LogP contribution in [0.25, 0.3) is 0 Å². The van der Waals surface area contributed by atoms with Crippen LogP contribution in [0.5, 0.6) is 0 Å². The van der Waals surface area contributed by atoms with Crippen LogP contribution in [0.1, 0.15) is 103 Å². The Bertz CT molecular complexity index is 347. The Hall–Kier alpha value is 1.95. The fraction of sp³-hybridized carbons (Fsp3) is 0.800. The van der Waals surface area contributed by atoms with E-state index in [4.69, 9.17) is 9.84 Å².